The molecule has 0 aromatic heterocycles. The van der Waals surface area contributed by atoms with Crippen molar-refractivity contribution in [2.45, 2.75) is 71.6 Å². The molecule has 0 fully saturated rings. The highest BCUT2D eigenvalue weighted by Gasteiger charge is 2.45. The van der Waals surface area contributed by atoms with Crippen LogP contribution in [-0.4, -0.2) is 0 Å². The lowest BCUT2D eigenvalue weighted by atomic mass is 9.78. The van der Waals surface area contributed by atoms with E-state index in [2.05, 4.69) is 235 Å². The molecule has 3 aliphatic rings. The Morgan fingerprint density at radius 1 is 0.279 bits per heavy atom. The molecule has 61 heavy (non-hydrogen) atoms. The first-order valence-corrected chi connectivity index (χ1v) is 21.9. The van der Waals surface area contributed by atoms with E-state index in [1.807, 2.05) is 0 Å². The van der Waals surface area contributed by atoms with Crippen molar-refractivity contribution >= 4 is 34.1 Å². The molecule has 0 aliphatic heterocycles. The predicted molar refractivity (Wildman–Crippen MR) is 258 cm³/mol. The summed E-state index contributed by atoms with van der Waals surface area (Å²) in [7, 11) is 0. The van der Waals surface area contributed by atoms with Crippen LogP contribution in [0.15, 0.2) is 170 Å². The highest BCUT2D eigenvalue weighted by atomic mass is 15.1. The second-order valence-electron chi connectivity index (χ2n) is 19.1. The minimum Gasteiger partial charge on any atom is -0.310 e. The van der Waals surface area contributed by atoms with Gasteiger partial charge in [0.15, 0.2) is 0 Å². The summed E-state index contributed by atoms with van der Waals surface area (Å²) in [5.41, 5.74) is 25.9. The van der Waals surface area contributed by atoms with E-state index < -0.39 is 0 Å². The van der Waals surface area contributed by atoms with E-state index in [4.69, 9.17) is 0 Å². The Morgan fingerprint density at radius 2 is 0.541 bits per heavy atom. The van der Waals surface area contributed by atoms with Gasteiger partial charge in [-0.1, -0.05) is 114 Å². The number of benzene rings is 8. The smallest absolute Gasteiger partial charge is 0.0467 e. The molecule has 0 spiro atoms. The van der Waals surface area contributed by atoms with Gasteiger partial charge in [-0.15, -0.1) is 0 Å². The first kappa shape index (κ1) is 37.4. The predicted octanol–water partition coefficient (Wildman–Crippen LogP) is 16.2. The largest absolute Gasteiger partial charge is 0.310 e. The lowest BCUT2D eigenvalue weighted by molar-refractivity contribution is 0.649. The van der Waals surface area contributed by atoms with Crippen LogP contribution in [0.1, 0.15) is 86.1 Å². The first-order valence-electron chi connectivity index (χ1n) is 21.9. The Kier molecular flexibility index (Phi) is 8.07. The van der Waals surface area contributed by atoms with Crippen LogP contribution < -0.4 is 9.80 Å². The molecule has 298 valence electrons. The molecule has 0 unspecified atom stereocenters. The highest BCUT2D eigenvalue weighted by molar-refractivity contribution is 5.96. The van der Waals surface area contributed by atoms with Gasteiger partial charge < -0.3 is 9.80 Å². The van der Waals surface area contributed by atoms with E-state index in [0.717, 1.165) is 22.7 Å². The van der Waals surface area contributed by atoms with Gasteiger partial charge in [0.1, 0.15) is 0 Å². The number of para-hydroxylation sites is 4. The third-order valence-corrected chi connectivity index (χ3v) is 14.4. The summed E-state index contributed by atoms with van der Waals surface area (Å²) in [6.45, 7) is 19.2. The summed E-state index contributed by atoms with van der Waals surface area (Å²) < 4.78 is 0. The number of anilines is 6. The molecule has 0 radical (unpaired) electrons. The molecule has 2 nitrogen and oxygen atoms in total. The summed E-state index contributed by atoms with van der Waals surface area (Å²) in [6, 6.07) is 63.1. The highest BCUT2D eigenvalue weighted by Crippen LogP contribution is 2.61. The lowest BCUT2D eigenvalue weighted by Gasteiger charge is -2.29. The summed E-state index contributed by atoms with van der Waals surface area (Å²) >= 11 is 0. The molecule has 8 aromatic rings. The maximum Gasteiger partial charge on any atom is 0.0467 e. The van der Waals surface area contributed by atoms with Gasteiger partial charge in [0.25, 0.3) is 0 Å². The third-order valence-electron chi connectivity index (χ3n) is 14.4. The lowest BCUT2D eigenvalue weighted by Crippen LogP contribution is -2.18. The Bertz CT molecular complexity index is 2760. The number of fused-ring (bicyclic) bond motifs is 9. The average molecular weight is 789 g/mol. The van der Waals surface area contributed by atoms with Gasteiger partial charge in [-0.05, 0) is 189 Å². The van der Waals surface area contributed by atoms with E-state index in [0.29, 0.717) is 0 Å². The molecule has 0 bridgehead atoms. The number of hydrogen-bond acceptors (Lipinski definition) is 2. The van der Waals surface area contributed by atoms with E-state index in [1.165, 1.54) is 89.3 Å². The molecule has 0 atom stereocenters. The van der Waals surface area contributed by atoms with Crippen LogP contribution in [0.5, 0.6) is 0 Å². The zero-order valence-corrected chi connectivity index (χ0v) is 36.6. The van der Waals surface area contributed by atoms with Crippen molar-refractivity contribution in [3.05, 3.63) is 214 Å². The minimum atomic E-state index is -0.185. The summed E-state index contributed by atoms with van der Waals surface area (Å²) in [5, 5.41) is 0. The standard InChI is InChI=1S/C59H52N2/c1-37-29-43(60(39-21-13-9-14-22-39)40-23-15-10-16-24-40)31-53-55(37)47-35-49-45(33-51(47)58(53,5)6)46-34-52-48(36-50(46)57(49,3)4)56-38(2)30-44(32-54(56)59(52,7)8)61(41-25-17-11-18-26-41)42-27-19-12-20-28-42/h9-36H,1-8H3. The number of rotatable bonds is 6. The van der Waals surface area contributed by atoms with Crippen molar-refractivity contribution in [1.82, 2.24) is 0 Å². The molecule has 0 heterocycles. The molecule has 8 aromatic carbocycles. The van der Waals surface area contributed by atoms with E-state index in [1.54, 1.807) is 0 Å². The maximum absolute atomic E-state index is 2.58. The van der Waals surface area contributed by atoms with Gasteiger partial charge in [0.05, 0.1) is 0 Å². The zero-order valence-electron chi connectivity index (χ0n) is 36.6. The fourth-order valence-electron chi connectivity index (χ4n) is 11.3. The SMILES string of the molecule is Cc1cc(N(c2ccccc2)c2ccccc2)cc2c1-c1cc3c(cc1C2(C)C)-c1cc2c(cc1C3(C)C)-c1c(C)cc(N(c3ccccc3)c3ccccc3)cc1C2(C)C. The number of hydrogen-bond donors (Lipinski definition) is 0. The Morgan fingerprint density at radius 3 is 0.852 bits per heavy atom. The van der Waals surface area contributed by atoms with E-state index in [9.17, 15) is 0 Å². The van der Waals surface area contributed by atoms with E-state index in [-0.39, 0.29) is 16.2 Å². The molecule has 0 saturated heterocycles. The molecular weight excluding hydrogens is 737 g/mol. The molecule has 0 amide bonds. The van der Waals surface area contributed by atoms with Crippen LogP contribution in [0.2, 0.25) is 0 Å². The van der Waals surface area contributed by atoms with Crippen LogP contribution in [-0.2, 0) is 16.2 Å². The zero-order chi connectivity index (χ0) is 42.0. The Hall–Kier alpha value is -6.64. The van der Waals surface area contributed by atoms with Crippen LogP contribution in [0, 0.1) is 13.8 Å². The van der Waals surface area contributed by atoms with Gasteiger partial charge in [-0.2, -0.15) is 0 Å². The van der Waals surface area contributed by atoms with Gasteiger partial charge in [0, 0.05) is 50.4 Å². The normalized spacial score (nSPS) is 15.3. The van der Waals surface area contributed by atoms with Crippen LogP contribution in [0.25, 0.3) is 33.4 Å². The van der Waals surface area contributed by atoms with Crippen LogP contribution in [0.4, 0.5) is 34.1 Å². The van der Waals surface area contributed by atoms with Gasteiger partial charge in [0.2, 0.25) is 0 Å². The minimum absolute atomic E-state index is 0.162. The third kappa shape index (κ3) is 5.41. The maximum atomic E-state index is 2.58. The van der Waals surface area contributed by atoms with Gasteiger partial charge >= 0.3 is 0 Å². The Labute approximate surface area is 361 Å². The fourth-order valence-corrected chi connectivity index (χ4v) is 11.3. The van der Waals surface area contributed by atoms with Crippen molar-refractivity contribution in [3.63, 3.8) is 0 Å². The first-order chi connectivity index (χ1) is 29.4. The molecule has 3 aliphatic carbocycles. The van der Waals surface area contributed by atoms with Crippen molar-refractivity contribution in [2.75, 3.05) is 9.80 Å². The summed E-state index contributed by atoms with van der Waals surface area (Å²) in [4.78, 5) is 4.80. The van der Waals surface area contributed by atoms with Crippen LogP contribution >= 0.6 is 0 Å². The quantitative estimate of drug-likeness (QED) is 0.166. The second kappa shape index (κ2) is 13.2. The van der Waals surface area contributed by atoms with Gasteiger partial charge in [-0.25, -0.2) is 0 Å². The fraction of sp³-hybridized carbons (Fsp3) is 0.186. The van der Waals surface area contributed by atoms with Crippen LogP contribution in [0.3, 0.4) is 0 Å². The second-order valence-corrected chi connectivity index (χ2v) is 19.1. The molecular formula is C59H52N2. The number of nitrogens with zero attached hydrogens (tertiary/aromatic N) is 2. The molecule has 11 rings (SSSR count). The van der Waals surface area contributed by atoms with Crippen molar-refractivity contribution in [3.8, 4) is 33.4 Å². The summed E-state index contributed by atoms with van der Waals surface area (Å²) in [5.74, 6) is 0. The monoisotopic (exact) mass is 788 g/mol. The topological polar surface area (TPSA) is 6.48 Å². The molecule has 2 heteroatoms. The van der Waals surface area contributed by atoms with Crippen molar-refractivity contribution in [2.24, 2.45) is 0 Å². The average Bonchev–Trinajstić information content (AvgIpc) is 3.73. The molecule has 0 saturated carbocycles. The number of aryl methyl sites for hydroxylation is 2. The Balaban J connectivity index is 1.03. The molecule has 0 N–H and O–H groups in total. The summed E-state index contributed by atoms with van der Waals surface area (Å²) in [6.07, 6.45) is 0. The van der Waals surface area contributed by atoms with Crippen molar-refractivity contribution in [1.29, 1.82) is 0 Å². The van der Waals surface area contributed by atoms with Gasteiger partial charge in [-0.3, -0.25) is 0 Å². The van der Waals surface area contributed by atoms with E-state index >= 15 is 0 Å². The van der Waals surface area contributed by atoms with Crippen molar-refractivity contribution < 1.29 is 0 Å².